The number of aliphatic carboxylic acids is 1. The van der Waals surface area contributed by atoms with Crippen LogP contribution in [0.1, 0.15) is 0 Å². The van der Waals surface area contributed by atoms with Crippen LogP contribution in [0, 0.1) is 0 Å². The van der Waals surface area contributed by atoms with Gasteiger partial charge in [-0.3, -0.25) is 14.5 Å². The summed E-state index contributed by atoms with van der Waals surface area (Å²) in [5, 5.41) is 10.9. The molecule has 0 unspecified atom stereocenters. The van der Waals surface area contributed by atoms with Gasteiger partial charge >= 0.3 is 5.97 Å². The van der Waals surface area contributed by atoms with Crippen LogP contribution in [0.25, 0.3) is 0 Å². The first-order valence-corrected chi connectivity index (χ1v) is 3.84. The lowest BCUT2D eigenvalue weighted by Crippen LogP contribution is -2.37. The lowest BCUT2D eigenvalue weighted by molar-refractivity contribution is -0.138. The van der Waals surface area contributed by atoms with Crippen LogP contribution >= 0.6 is 0 Å². The molecule has 74 valence electrons. The van der Waals surface area contributed by atoms with Crippen molar-refractivity contribution in [1.29, 1.82) is 0 Å². The number of rotatable bonds is 6. The minimum atomic E-state index is -0.945. The number of likely N-dealkylation sites (N-methyl/N-ethyl adjacent to an activating group) is 1. The fourth-order valence-corrected chi connectivity index (χ4v) is 0.774. The second-order valence-electron chi connectivity index (χ2n) is 2.66. The Balaban J connectivity index is 3.64. The van der Waals surface area contributed by atoms with Crippen molar-refractivity contribution in [3.05, 3.63) is 12.7 Å². The molecule has 13 heavy (non-hydrogen) atoms. The highest BCUT2D eigenvalue weighted by molar-refractivity contribution is 5.79. The molecule has 5 nitrogen and oxygen atoms in total. The Labute approximate surface area is 77.0 Å². The van der Waals surface area contributed by atoms with Crippen molar-refractivity contribution < 1.29 is 14.7 Å². The smallest absolute Gasteiger partial charge is 0.317 e. The number of carbonyl (C=O) groups is 2. The van der Waals surface area contributed by atoms with Crippen LogP contribution in [-0.2, 0) is 9.59 Å². The number of carbonyl (C=O) groups excluding carboxylic acids is 1. The average Bonchev–Trinajstić information content (AvgIpc) is 1.98. The van der Waals surface area contributed by atoms with Gasteiger partial charge in [0, 0.05) is 6.54 Å². The van der Waals surface area contributed by atoms with Crippen LogP contribution in [0.2, 0.25) is 0 Å². The van der Waals surface area contributed by atoms with E-state index in [1.165, 1.54) is 4.90 Å². The number of amides is 1. The summed E-state index contributed by atoms with van der Waals surface area (Å²) in [6.07, 6.45) is 1.56. The molecular formula is C8H14N2O3. The van der Waals surface area contributed by atoms with E-state index < -0.39 is 5.97 Å². The number of nitrogens with zero attached hydrogens (tertiary/aromatic N) is 1. The molecule has 0 aliphatic carbocycles. The number of carboxylic acid groups (broad SMARTS) is 1. The third-order valence-corrected chi connectivity index (χ3v) is 1.26. The van der Waals surface area contributed by atoms with Crippen LogP contribution in [-0.4, -0.2) is 48.6 Å². The van der Waals surface area contributed by atoms with Gasteiger partial charge in [-0.2, -0.15) is 0 Å². The van der Waals surface area contributed by atoms with Crippen molar-refractivity contribution in [3.63, 3.8) is 0 Å². The summed E-state index contributed by atoms with van der Waals surface area (Å²) in [7, 11) is 1.57. The Kier molecular flexibility index (Phi) is 5.54. The molecule has 5 heteroatoms. The molecule has 0 saturated heterocycles. The Hall–Kier alpha value is -1.36. The molecule has 0 saturated carbocycles. The number of nitrogens with one attached hydrogen (secondary N) is 1. The van der Waals surface area contributed by atoms with Gasteiger partial charge in [-0.25, -0.2) is 0 Å². The molecule has 0 aromatic rings. The first-order valence-electron chi connectivity index (χ1n) is 3.84. The van der Waals surface area contributed by atoms with Gasteiger partial charge in [-0.05, 0) is 7.05 Å². The molecule has 0 aliphatic heterocycles. The molecule has 0 bridgehead atoms. The molecule has 1 amide bonds. The van der Waals surface area contributed by atoms with Crippen molar-refractivity contribution in [2.24, 2.45) is 0 Å². The second kappa shape index (κ2) is 6.19. The van der Waals surface area contributed by atoms with E-state index in [2.05, 4.69) is 11.9 Å². The van der Waals surface area contributed by atoms with Gasteiger partial charge in [0.2, 0.25) is 5.91 Å². The van der Waals surface area contributed by atoms with Gasteiger partial charge in [0.1, 0.15) is 0 Å². The van der Waals surface area contributed by atoms with Gasteiger partial charge in [0.05, 0.1) is 13.1 Å². The van der Waals surface area contributed by atoms with Crippen molar-refractivity contribution >= 4 is 11.9 Å². The maximum absolute atomic E-state index is 11.0. The topological polar surface area (TPSA) is 69.6 Å². The summed E-state index contributed by atoms with van der Waals surface area (Å²) in [6.45, 7) is 3.79. The zero-order valence-electron chi connectivity index (χ0n) is 7.62. The van der Waals surface area contributed by atoms with E-state index in [0.29, 0.717) is 6.54 Å². The predicted octanol–water partition coefficient (Wildman–Crippen LogP) is -0.695. The molecule has 0 atom stereocenters. The molecule has 0 aromatic heterocycles. The van der Waals surface area contributed by atoms with E-state index >= 15 is 0 Å². The third-order valence-electron chi connectivity index (χ3n) is 1.26. The Morgan fingerprint density at radius 3 is 2.62 bits per heavy atom. The quantitative estimate of drug-likeness (QED) is 0.538. The summed E-state index contributed by atoms with van der Waals surface area (Å²) < 4.78 is 0. The van der Waals surface area contributed by atoms with E-state index in [9.17, 15) is 9.59 Å². The SMILES string of the molecule is C=CCNC(=O)CN(C)CC(=O)O. The van der Waals surface area contributed by atoms with Gasteiger partial charge < -0.3 is 10.4 Å². The zero-order chi connectivity index (χ0) is 10.3. The van der Waals surface area contributed by atoms with E-state index in [1.807, 2.05) is 0 Å². The summed E-state index contributed by atoms with van der Waals surface area (Å²) in [4.78, 5) is 22.6. The monoisotopic (exact) mass is 186 g/mol. The maximum atomic E-state index is 11.0. The largest absolute Gasteiger partial charge is 0.480 e. The highest BCUT2D eigenvalue weighted by Gasteiger charge is 2.07. The van der Waals surface area contributed by atoms with Gasteiger partial charge in [0.25, 0.3) is 0 Å². The molecule has 2 N–H and O–H groups in total. The molecular weight excluding hydrogens is 172 g/mol. The van der Waals surface area contributed by atoms with Crippen LogP contribution in [0.15, 0.2) is 12.7 Å². The normalized spacial score (nSPS) is 9.69. The highest BCUT2D eigenvalue weighted by Crippen LogP contribution is 1.81. The molecule has 0 radical (unpaired) electrons. The fourth-order valence-electron chi connectivity index (χ4n) is 0.774. The first kappa shape index (κ1) is 11.6. The lowest BCUT2D eigenvalue weighted by Gasteiger charge is -2.12. The molecule has 0 aliphatic rings. The summed E-state index contributed by atoms with van der Waals surface area (Å²) >= 11 is 0. The minimum absolute atomic E-state index is 0.0835. The minimum Gasteiger partial charge on any atom is -0.480 e. The number of carboxylic acids is 1. The Bertz CT molecular complexity index is 204. The zero-order valence-corrected chi connectivity index (χ0v) is 7.62. The highest BCUT2D eigenvalue weighted by atomic mass is 16.4. The summed E-state index contributed by atoms with van der Waals surface area (Å²) in [6, 6.07) is 0. The summed E-state index contributed by atoms with van der Waals surface area (Å²) in [5.41, 5.74) is 0. The maximum Gasteiger partial charge on any atom is 0.317 e. The standard InChI is InChI=1S/C8H14N2O3/c1-3-4-9-7(11)5-10(2)6-8(12)13/h3H,1,4-6H2,2H3,(H,9,11)(H,12,13). The van der Waals surface area contributed by atoms with E-state index in [0.717, 1.165) is 0 Å². The van der Waals surface area contributed by atoms with Gasteiger partial charge in [-0.15, -0.1) is 6.58 Å². The van der Waals surface area contributed by atoms with Crippen molar-refractivity contribution in [1.82, 2.24) is 10.2 Å². The van der Waals surface area contributed by atoms with Crippen LogP contribution in [0.4, 0.5) is 0 Å². The van der Waals surface area contributed by atoms with Crippen LogP contribution in [0.5, 0.6) is 0 Å². The lowest BCUT2D eigenvalue weighted by atomic mass is 10.4. The van der Waals surface area contributed by atoms with Crippen molar-refractivity contribution in [2.75, 3.05) is 26.7 Å². The Morgan fingerprint density at radius 2 is 2.15 bits per heavy atom. The van der Waals surface area contributed by atoms with Crippen molar-refractivity contribution in [3.8, 4) is 0 Å². The second-order valence-corrected chi connectivity index (χ2v) is 2.66. The third kappa shape index (κ3) is 7.02. The van der Waals surface area contributed by atoms with Gasteiger partial charge in [0.15, 0.2) is 0 Å². The molecule has 0 fully saturated rings. The molecule has 0 heterocycles. The Morgan fingerprint density at radius 1 is 1.54 bits per heavy atom. The number of hydrogen-bond acceptors (Lipinski definition) is 3. The summed E-state index contributed by atoms with van der Waals surface area (Å²) in [5.74, 6) is -1.15. The molecule has 0 spiro atoms. The first-order chi connectivity index (χ1) is 6.06. The van der Waals surface area contributed by atoms with E-state index in [-0.39, 0.29) is 19.0 Å². The molecule has 0 rings (SSSR count). The number of hydrogen-bond donors (Lipinski definition) is 2. The fraction of sp³-hybridized carbons (Fsp3) is 0.500. The van der Waals surface area contributed by atoms with Crippen LogP contribution in [0.3, 0.4) is 0 Å². The predicted molar refractivity (Wildman–Crippen MR) is 48.3 cm³/mol. The van der Waals surface area contributed by atoms with E-state index in [4.69, 9.17) is 5.11 Å². The van der Waals surface area contributed by atoms with E-state index in [1.54, 1.807) is 13.1 Å². The average molecular weight is 186 g/mol. The van der Waals surface area contributed by atoms with Crippen LogP contribution < -0.4 is 5.32 Å². The van der Waals surface area contributed by atoms with Gasteiger partial charge in [-0.1, -0.05) is 6.08 Å². The molecule has 0 aromatic carbocycles. The van der Waals surface area contributed by atoms with Crippen molar-refractivity contribution in [2.45, 2.75) is 0 Å².